The summed E-state index contributed by atoms with van der Waals surface area (Å²) in [7, 11) is 0. The maximum absolute atomic E-state index is 13.4. The first-order valence-electron chi connectivity index (χ1n) is 9.33. The maximum atomic E-state index is 13.4. The topological polar surface area (TPSA) is 102 Å². The molecular weight excluding hydrogens is 501 g/mol. The van der Waals surface area contributed by atoms with E-state index >= 15 is 0 Å². The first-order chi connectivity index (χ1) is 15.4. The van der Waals surface area contributed by atoms with Crippen LogP contribution in [0.2, 0.25) is 5.02 Å². The summed E-state index contributed by atoms with van der Waals surface area (Å²) in [6.45, 7) is -0.221. The molecule has 4 aromatic rings. The van der Waals surface area contributed by atoms with Crippen molar-refractivity contribution in [2.45, 2.75) is 0 Å². The van der Waals surface area contributed by atoms with Crippen molar-refractivity contribution >= 4 is 67.2 Å². The fraction of sp³-hybridized carbons (Fsp3) is 0.0455. The Morgan fingerprint density at radius 3 is 2.78 bits per heavy atom. The van der Waals surface area contributed by atoms with Crippen LogP contribution in [0.3, 0.4) is 0 Å². The molecule has 0 aliphatic rings. The number of anilines is 4. The van der Waals surface area contributed by atoms with Crippen molar-refractivity contribution in [3.05, 3.63) is 76.2 Å². The van der Waals surface area contributed by atoms with Gasteiger partial charge in [-0.1, -0.05) is 27.5 Å². The molecule has 7 nitrogen and oxygen atoms in total. The van der Waals surface area contributed by atoms with Gasteiger partial charge in [-0.3, -0.25) is 4.79 Å². The number of nitrogens with zero attached hydrogens (tertiary/aromatic N) is 2. The molecule has 0 aliphatic heterocycles. The van der Waals surface area contributed by atoms with Crippen LogP contribution in [-0.4, -0.2) is 22.5 Å². The summed E-state index contributed by atoms with van der Waals surface area (Å²) in [4.78, 5) is 20.8. The molecule has 4 N–H and O–H groups in total. The van der Waals surface area contributed by atoms with Crippen LogP contribution >= 0.6 is 27.5 Å². The van der Waals surface area contributed by atoms with Crippen molar-refractivity contribution in [1.29, 1.82) is 0 Å². The van der Waals surface area contributed by atoms with Gasteiger partial charge in [-0.2, -0.15) is 0 Å². The Labute approximate surface area is 195 Å². The number of carbonyl (C=O) groups excluding carboxylic acids is 1. The Morgan fingerprint density at radius 1 is 1.12 bits per heavy atom. The average molecular weight is 517 g/mol. The van der Waals surface area contributed by atoms with Crippen LogP contribution in [0.15, 0.2) is 65.4 Å². The number of hydrogen-bond donors (Lipinski definition) is 3. The number of hydrogen-bond acceptors (Lipinski definition) is 6. The fourth-order valence-corrected chi connectivity index (χ4v) is 3.45. The van der Waals surface area contributed by atoms with Crippen molar-refractivity contribution in [1.82, 2.24) is 9.97 Å². The molecule has 10 heteroatoms. The number of ether oxygens (including phenoxy) is 1. The number of fused-ring (bicyclic) bond motifs is 1. The van der Waals surface area contributed by atoms with Gasteiger partial charge in [0.1, 0.15) is 23.7 Å². The largest absolute Gasteiger partial charge is 0.484 e. The molecule has 0 saturated carbocycles. The molecule has 0 unspecified atom stereocenters. The summed E-state index contributed by atoms with van der Waals surface area (Å²) in [6.07, 6.45) is 1.41. The lowest BCUT2D eigenvalue weighted by Crippen LogP contribution is -2.20. The van der Waals surface area contributed by atoms with Gasteiger partial charge in [0.25, 0.3) is 5.91 Å². The average Bonchev–Trinajstić information content (AvgIpc) is 2.77. The second-order valence-electron chi connectivity index (χ2n) is 6.72. The number of aromatic nitrogens is 2. The normalized spacial score (nSPS) is 10.7. The molecule has 0 saturated heterocycles. The van der Waals surface area contributed by atoms with Gasteiger partial charge in [-0.05, 0) is 54.6 Å². The molecule has 0 aliphatic carbocycles. The van der Waals surface area contributed by atoms with E-state index in [9.17, 15) is 9.18 Å². The molecular formula is C22H16BrClFN5O2. The van der Waals surface area contributed by atoms with E-state index in [1.807, 2.05) is 0 Å². The third kappa shape index (κ3) is 5.06. The van der Waals surface area contributed by atoms with Crippen LogP contribution in [-0.2, 0) is 4.79 Å². The SMILES string of the molecule is Nc1ccc(Br)cc1NC(=O)COc1ccc2ncnc(Nc3ccc(F)c(Cl)c3)c2c1. The van der Waals surface area contributed by atoms with Gasteiger partial charge in [0, 0.05) is 15.5 Å². The monoisotopic (exact) mass is 515 g/mol. The summed E-state index contributed by atoms with van der Waals surface area (Å²) in [5, 5.41) is 6.46. The number of halogens is 3. The molecule has 0 bridgehead atoms. The molecule has 32 heavy (non-hydrogen) atoms. The van der Waals surface area contributed by atoms with Gasteiger partial charge in [0.2, 0.25) is 0 Å². The Kier molecular flexibility index (Phi) is 6.38. The number of carbonyl (C=O) groups is 1. The van der Waals surface area contributed by atoms with E-state index in [0.29, 0.717) is 39.5 Å². The predicted molar refractivity (Wildman–Crippen MR) is 127 cm³/mol. The summed E-state index contributed by atoms with van der Waals surface area (Å²) < 4.78 is 19.9. The summed E-state index contributed by atoms with van der Waals surface area (Å²) in [6, 6.07) is 14.6. The van der Waals surface area contributed by atoms with E-state index < -0.39 is 5.82 Å². The molecule has 1 aromatic heterocycles. The maximum Gasteiger partial charge on any atom is 0.262 e. The predicted octanol–water partition coefficient (Wildman–Crippen LogP) is 5.53. The van der Waals surface area contributed by atoms with Crippen LogP contribution in [0.4, 0.5) is 27.3 Å². The Balaban J connectivity index is 1.50. The van der Waals surface area contributed by atoms with Gasteiger partial charge in [-0.15, -0.1) is 0 Å². The third-order valence-electron chi connectivity index (χ3n) is 4.45. The van der Waals surface area contributed by atoms with Gasteiger partial charge in [0.05, 0.1) is 21.9 Å². The van der Waals surface area contributed by atoms with E-state index in [4.69, 9.17) is 22.1 Å². The summed E-state index contributed by atoms with van der Waals surface area (Å²) >= 11 is 9.20. The van der Waals surface area contributed by atoms with Gasteiger partial charge >= 0.3 is 0 Å². The lowest BCUT2D eigenvalue weighted by Gasteiger charge is -2.12. The summed E-state index contributed by atoms with van der Waals surface area (Å²) in [5.41, 5.74) is 8.04. The van der Waals surface area contributed by atoms with Crippen LogP contribution < -0.4 is 21.1 Å². The first-order valence-corrected chi connectivity index (χ1v) is 10.5. The number of amides is 1. The van der Waals surface area contributed by atoms with Crippen LogP contribution in [0.5, 0.6) is 5.75 Å². The van der Waals surface area contributed by atoms with Crippen molar-refractivity contribution < 1.29 is 13.9 Å². The highest BCUT2D eigenvalue weighted by molar-refractivity contribution is 9.10. The zero-order valence-corrected chi connectivity index (χ0v) is 18.7. The molecule has 1 heterocycles. The Morgan fingerprint density at radius 2 is 1.97 bits per heavy atom. The zero-order valence-electron chi connectivity index (χ0n) is 16.4. The van der Waals surface area contributed by atoms with E-state index in [2.05, 4.69) is 36.5 Å². The molecule has 4 rings (SSSR count). The highest BCUT2D eigenvalue weighted by Gasteiger charge is 2.10. The number of benzene rings is 3. The number of nitrogens with one attached hydrogen (secondary N) is 2. The van der Waals surface area contributed by atoms with Crippen LogP contribution in [0, 0.1) is 5.82 Å². The highest BCUT2D eigenvalue weighted by atomic mass is 79.9. The fourth-order valence-electron chi connectivity index (χ4n) is 2.91. The van der Waals surface area contributed by atoms with Gasteiger partial charge in [0.15, 0.2) is 6.61 Å². The second kappa shape index (κ2) is 9.37. The van der Waals surface area contributed by atoms with Crippen molar-refractivity contribution in [3.8, 4) is 5.75 Å². The van der Waals surface area contributed by atoms with Crippen LogP contribution in [0.1, 0.15) is 0 Å². The zero-order chi connectivity index (χ0) is 22.7. The number of nitrogen functional groups attached to an aromatic ring is 1. The molecule has 0 radical (unpaired) electrons. The Hall–Kier alpha value is -3.43. The van der Waals surface area contributed by atoms with Crippen LogP contribution in [0.25, 0.3) is 10.9 Å². The lowest BCUT2D eigenvalue weighted by atomic mass is 10.2. The molecule has 1 amide bonds. The minimum absolute atomic E-state index is 0.00511. The molecule has 0 atom stereocenters. The minimum Gasteiger partial charge on any atom is -0.484 e. The quantitative estimate of drug-likeness (QED) is 0.291. The molecule has 162 valence electrons. The van der Waals surface area contributed by atoms with E-state index in [1.54, 1.807) is 42.5 Å². The molecule has 0 spiro atoms. The molecule has 3 aromatic carbocycles. The smallest absolute Gasteiger partial charge is 0.262 e. The highest BCUT2D eigenvalue weighted by Crippen LogP contribution is 2.28. The second-order valence-corrected chi connectivity index (χ2v) is 8.05. The van der Waals surface area contributed by atoms with Gasteiger partial charge < -0.3 is 21.1 Å². The van der Waals surface area contributed by atoms with Crippen molar-refractivity contribution in [2.75, 3.05) is 23.0 Å². The van der Waals surface area contributed by atoms with E-state index in [-0.39, 0.29) is 17.5 Å². The van der Waals surface area contributed by atoms with Gasteiger partial charge in [-0.25, -0.2) is 14.4 Å². The van der Waals surface area contributed by atoms with Crippen molar-refractivity contribution in [2.24, 2.45) is 0 Å². The first kappa shape index (κ1) is 21.8. The van der Waals surface area contributed by atoms with E-state index in [1.165, 1.54) is 18.5 Å². The number of nitrogens with two attached hydrogens (primary N) is 1. The lowest BCUT2D eigenvalue weighted by molar-refractivity contribution is -0.118. The number of rotatable bonds is 6. The Bertz CT molecular complexity index is 1320. The third-order valence-corrected chi connectivity index (χ3v) is 5.23. The summed E-state index contributed by atoms with van der Waals surface area (Å²) in [5.74, 6) is 0.0567. The standard InChI is InChI=1S/C22H16BrClFN5O2/c23-12-1-5-18(26)20(7-12)30-21(31)10-32-14-3-6-19-15(9-14)22(28-11-27-19)29-13-2-4-17(25)16(24)8-13/h1-9,11H,10,26H2,(H,30,31)(H,27,28,29). The minimum atomic E-state index is -0.511. The molecule has 0 fully saturated rings. The van der Waals surface area contributed by atoms with Crippen molar-refractivity contribution in [3.63, 3.8) is 0 Å². The van der Waals surface area contributed by atoms with E-state index in [0.717, 1.165) is 4.47 Å².